The summed E-state index contributed by atoms with van der Waals surface area (Å²) in [6.45, 7) is 3.23. The molecule has 1 aromatic heterocycles. The minimum absolute atomic E-state index is 0.247. The molecule has 1 fully saturated rings. The molecule has 2 rings (SSSR count). The fourth-order valence-corrected chi connectivity index (χ4v) is 2.84. The summed E-state index contributed by atoms with van der Waals surface area (Å²) in [5.74, 6) is 0.838. The van der Waals surface area contributed by atoms with Gasteiger partial charge in [0.15, 0.2) is 0 Å². The highest BCUT2D eigenvalue weighted by Crippen LogP contribution is 2.24. The van der Waals surface area contributed by atoms with Crippen molar-refractivity contribution in [2.75, 3.05) is 17.6 Å². The lowest BCUT2D eigenvalue weighted by atomic mass is 9.89. The number of rotatable bonds is 5. The Bertz CT molecular complexity index is 555. The average Bonchev–Trinajstić information content (AvgIpc) is 2.44. The van der Waals surface area contributed by atoms with E-state index in [4.69, 9.17) is 5.73 Å². The van der Waals surface area contributed by atoms with E-state index in [9.17, 15) is 9.59 Å². The van der Waals surface area contributed by atoms with Crippen molar-refractivity contribution in [3.8, 4) is 0 Å². The van der Waals surface area contributed by atoms with Gasteiger partial charge in [0.25, 0.3) is 5.56 Å². The Hall–Kier alpha value is -1.72. The maximum Gasteiger partial charge on any atom is 0.330 e. The van der Waals surface area contributed by atoms with Crippen LogP contribution in [0.1, 0.15) is 45.4 Å². The van der Waals surface area contributed by atoms with E-state index in [2.05, 4.69) is 10.3 Å². The largest absolute Gasteiger partial charge is 0.383 e. The third kappa shape index (κ3) is 3.23. The van der Waals surface area contributed by atoms with Gasteiger partial charge in [-0.2, -0.15) is 0 Å². The summed E-state index contributed by atoms with van der Waals surface area (Å²) >= 11 is 0. The van der Waals surface area contributed by atoms with Crippen molar-refractivity contribution in [2.24, 2.45) is 5.92 Å². The molecule has 1 aromatic rings. The number of nitrogens with one attached hydrogen (secondary N) is 2. The molecule has 112 valence electrons. The molecule has 1 aliphatic rings. The van der Waals surface area contributed by atoms with Crippen LogP contribution in [0, 0.1) is 5.92 Å². The van der Waals surface area contributed by atoms with Crippen LogP contribution in [0.3, 0.4) is 0 Å². The van der Waals surface area contributed by atoms with E-state index < -0.39 is 11.2 Å². The normalized spacial score (nSPS) is 16.2. The van der Waals surface area contributed by atoms with Crippen LogP contribution in [-0.4, -0.2) is 16.1 Å². The fraction of sp³-hybridized carbons (Fsp3) is 0.714. The highest BCUT2D eigenvalue weighted by molar-refractivity contribution is 5.60. The zero-order chi connectivity index (χ0) is 14.5. The number of anilines is 2. The van der Waals surface area contributed by atoms with Gasteiger partial charge in [-0.3, -0.25) is 14.3 Å². The standard InChI is InChI=1S/C14H24N4O2/c1-2-8-18-12(15)11(13(19)17-14(18)20)16-9-10-6-4-3-5-7-10/h10,16H,2-9,15H2,1H3,(H,17,19,20). The number of aromatic amines is 1. The van der Waals surface area contributed by atoms with E-state index in [0.717, 1.165) is 13.0 Å². The fourth-order valence-electron chi connectivity index (χ4n) is 2.84. The van der Waals surface area contributed by atoms with Crippen LogP contribution < -0.4 is 22.3 Å². The summed E-state index contributed by atoms with van der Waals surface area (Å²) in [6.07, 6.45) is 7.00. The first-order chi connectivity index (χ1) is 9.63. The third-order valence-corrected chi connectivity index (χ3v) is 3.98. The van der Waals surface area contributed by atoms with Crippen LogP contribution in [0.2, 0.25) is 0 Å². The van der Waals surface area contributed by atoms with Crippen LogP contribution in [0.25, 0.3) is 0 Å². The SMILES string of the molecule is CCCn1c(N)c(NCC2CCCCC2)c(=O)[nH]c1=O. The summed E-state index contributed by atoms with van der Waals surface area (Å²) in [4.78, 5) is 25.9. The van der Waals surface area contributed by atoms with Gasteiger partial charge in [-0.1, -0.05) is 26.2 Å². The molecule has 0 unspecified atom stereocenters. The van der Waals surface area contributed by atoms with Crippen LogP contribution in [0.4, 0.5) is 11.5 Å². The minimum Gasteiger partial charge on any atom is -0.383 e. The lowest BCUT2D eigenvalue weighted by Gasteiger charge is -2.22. The van der Waals surface area contributed by atoms with E-state index in [-0.39, 0.29) is 5.82 Å². The monoisotopic (exact) mass is 280 g/mol. The molecule has 6 nitrogen and oxygen atoms in total. The Morgan fingerprint density at radius 2 is 2.00 bits per heavy atom. The Balaban J connectivity index is 2.16. The second-order valence-electron chi connectivity index (χ2n) is 5.56. The summed E-state index contributed by atoms with van der Waals surface area (Å²) in [6, 6.07) is 0. The molecule has 1 aliphatic carbocycles. The van der Waals surface area contributed by atoms with Crippen molar-refractivity contribution in [3.63, 3.8) is 0 Å². The van der Waals surface area contributed by atoms with Crippen LogP contribution in [-0.2, 0) is 6.54 Å². The first-order valence-electron chi connectivity index (χ1n) is 7.50. The van der Waals surface area contributed by atoms with Gasteiger partial charge in [0.05, 0.1) is 0 Å². The Kier molecular flexibility index (Phi) is 4.87. The predicted octanol–water partition coefficient (Wildman–Crippen LogP) is 1.52. The molecule has 0 amide bonds. The van der Waals surface area contributed by atoms with Crippen molar-refractivity contribution in [3.05, 3.63) is 20.8 Å². The zero-order valence-electron chi connectivity index (χ0n) is 12.1. The summed E-state index contributed by atoms with van der Waals surface area (Å²) in [5.41, 5.74) is 5.45. The first kappa shape index (κ1) is 14.7. The molecular formula is C14H24N4O2. The molecular weight excluding hydrogens is 256 g/mol. The van der Waals surface area contributed by atoms with Gasteiger partial charge in [-0.15, -0.1) is 0 Å². The van der Waals surface area contributed by atoms with Crippen molar-refractivity contribution in [2.45, 2.75) is 52.0 Å². The number of hydrogen-bond donors (Lipinski definition) is 3. The highest BCUT2D eigenvalue weighted by Gasteiger charge is 2.16. The highest BCUT2D eigenvalue weighted by atomic mass is 16.2. The van der Waals surface area contributed by atoms with E-state index in [1.54, 1.807) is 0 Å². The number of aromatic nitrogens is 2. The molecule has 0 aliphatic heterocycles. The van der Waals surface area contributed by atoms with E-state index in [1.165, 1.54) is 36.7 Å². The minimum atomic E-state index is -0.433. The molecule has 4 N–H and O–H groups in total. The zero-order valence-corrected chi connectivity index (χ0v) is 12.1. The molecule has 6 heteroatoms. The Morgan fingerprint density at radius 1 is 1.30 bits per heavy atom. The Labute approximate surface area is 118 Å². The van der Waals surface area contributed by atoms with Gasteiger partial charge in [-0.25, -0.2) is 4.79 Å². The molecule has 0 spiro atoms. The molecule has 0 bridgehead atoms. The lowest BCUT2D eigenvalue weighted by Crippen LogP contribution is -2.34. The van der Waals surface area contributed by atoms with Crippen molar-refractivity contribution < 1.29 is 0 Å². The average molecular weight is 280 g/mol. The number of H-pyrrole nitrogens is 1. The van der Waals surface area contributed by atoms with Crippen LogP contribution in [0.5, 0.6) is 0 Å². The van der Waals surface area contributed by atoms with Gasteiger partial charge in [0, 0.05) is 13.1 Å². The van der Waals surface area contributed by atoms with E-state index in [0.29, 0.717) is 18.2 Å². The van der Waals surface area contributed by atoms with E-state index >= 15 is 0 Å². The second kappa shape index (κ2) is 6.63. The number of nitrogens with zero attached hydrogens (tertiary/aromatic N) is 1. The summed E-state index contributed by atoms with van der Waals surface area (Å²) in [5, 5.41) is 3.15. The van der Waals surface area contributed by atoms with Crippen molar-refractivity contribution in [1.29, 1.82) is 0 Å². The van der Waals surface area contributed by atoms with Gasteiger partial charge in [0.1, 0.15) is 11.5 Å². The summed E-state index contributed by atoms with van der Waals surface area (Å²) in [7, 11) is 0. The van der Waals surface area contributed by atoms with E-state index in [1.807, 2.05) is 6.92 Å². The van der Waals surface area contributed by atoms with Gasteiger partial charge in [0.2, 0.25) is 0 Å². The second-order valence-corrected chi connectivity index (χ2v) is 5.56. The Morgan fingerprint density at radius 3 is 2.65 bits per heavy atom. The maximum atomic E-state index is 11.9. The molecule has 0 radical (unpaired) electrons. The van der Waals surface area contributed by atoms with Gasteiger partial charge < -0.3 is 11.1 Å². The summed E-state index contributed by atoms with van der Waals surface area (Å²) < 4.78 is 1.42. The van der Waals surface area contributed by atoms with Crippen LogP contribution >= 0.6 is 0 Å². The number of nitrogen functional groups attached to an aromatic ring is 1. The van der Waals surface area contributed by atoms with Gasteiger partial charge in [-0.05, 0) is 25.2 Å². The molecule has 1 heterocycles. The first-order valence-corrected chi connectivity index (χ1v) is 7.50. The number of nitrogens with two attached hydrogens (primary N) is 1. The van der Waals surface area contributed by atoms with Crippen molar-refractivity contribution in [1.82, 2.24) is 9.55 Å². The predicted molar refractivity (Wildman–Crippen MR) is 81.1 cm³/mol. The molecule has 0 aromatic carbocycles. The van der Waals surface area contributed by atoms with Gasteiger partial charge >= 0.3 is 5.69 Å². The molecule has 20 heavy (non-hydrogen) atoms. The smallest absolute Gasteiger partial charge is 0.330 e. The van der Waals surface area contributed by atoms with Crippen molar-refractivity contribution >= 4 is 11.5 Å². The number of hydrogen-bond acceptors (Lipinski definition) is 4. The maximum absolute atomic E-state index is 11.9. The van der Waals surface area contributed by atoms with Crippen LogP contribution in [0.15, 0.2) is 9.59 Å². The molecule has 1 saturated carbocycles. The lowest BCUT2D eigenvalue weighted by molar-refractivity contribution is 0.373. The third-order valence-electron chi connectivity index (χ3n) is 3.98. The molecule has 0 atom stereocenters. The molecule has 0 saturated heterocycles. The topological polar surface area (TPSA) is 92.9 Å². The quantitative estimate of drug-likeness (QED) is 0.762.